The topological polar surface area (TPSA) is 69.8 Å². The highest BCUT2D eigenvalue weighted by molar-refractivity contribution is 7.80. The first-order valence-corrected chi connectivity index (χ1v) is 10.7. The molecule has 0 saturated carbocycles. The van der Waals surface area contributed by atoms with Gasteiger partial charge in [-0.25, -0.2) is 4.98 Å². The molecule has 0 unspecified atom stereocenters. The van der Waals surface area contributed by atoms with E-state index in [1.165, 1.54) is 12.8 Å². The average Bonchev–Trinajstić information content (AvgIpc) is 2.76. The molecule has 0 bridgehead atoms. The van der Waals surface area contributed by atoms with Gasteiger partial charge in [-0.3, -0.25) is 10.3 Å². The number of aromatic nitrogens is 1. The van der Waals surface area contributed by atoms with Crippen LogP contribution >= 0.6 is 12.2 Å². The van der Waals surface area contributed by atoms with E-state index in [0.717, 1.165) is 48.7 Å². The maximum atomic E-state index is 5.35. The van der Waals surface area contributed by atoms with Crippen molar-refractivity contribution in [2.24, 2.45) is 10.8 Å². The van der Waals surface area contributed by atoms with Crippen LogP contribution in [-0.4, -0.2) is 53.4 Å². The van der Waals surface area contributed by atoms with Crippen LogP contribution in [0.3, 0.4) is 0 Å². The van der Waals surface area contributed by atoms with Gasteiger partial charge in [-0.2, -0.15) is 5.10 Å². The van der Waals surface area contributed by atoms with Gasteiger partial charge in [-0.15, -0.1) is 0 Å². The van der Waals surface area contributed by atoms with Crippen LogP contribution in [0.2, 0.25) is 0 Å². The normalized spacial score (nSPS) is 15.2. The lowest BCUT2D eigenvalue weighted by molar-refractivity contribution is 0.175. The number of piperazine rings is 1. The summed E-state index contributed by atoms with van der Waals surface area (Å²) < 4.78 is 0. The summed E-state index contributed by atoms with van der Waals surface area (Å²) >= 11 is 4.72. The van der Waals surface area contributed by atoms with Crippen LogP contribution in [0.25, 0.3) is 11.1 Å². The van der Waals surface area contributed by atoms with Gasteiger partial charge in [0.1, 0.15) is 5.82 Å². The van der Waals surface area contributed by atoms with Crippen molar-refractivity contribution in [1.82, 2.24) is 15.3 Å². The Kier molecular flexibility index (Phi) is 7.55. The van der Waals surface area contributed by atoms with Crippen LogP contribution in [0.4, 0.5) is 5.82 Å². The molecule has 0 radical (unpaired) electrons. The Bertz CT molecular complexity index is 806. The Morgan fingerprint density at radius 1 is 1.10 bits per heavy atom. The summed E-state index contributed by atoms with van der Waals surface area (Å²) in [5.41, 5.74) is 11.1. The van der Waals surface area contributed by atoms with Crippen molar-refractivity contribution in [2.45, 2.75) is 32.7 Å². The molecule has 2 heterocycles. The fraction of sp³-hybridized carbons (Fsp3) is 0.409. The molecule has 1 aromatic carbocycles. The van der Waals surface area contributed by atoms with Gasteiger partial charge in [0.2, 0.25) is 0 Å². The molecule has 29 heavy (non-hydrogen) atoms. The number of nitrogens with two attached hydrogens (primary N) is 1. The molecule has 1 aliphatic rings. The molecule has 1 fully saturated rings. The van der Waals surface area contributed by atoms with Gasteiger partial charge in [-0.1, -0.05) is 38.1 Å². The lowest BCUT2D eigenvalue weighted by Gasteiger charge is -2.39. The van der Waals surface area contributed by atoms with E-state index in [1.807, 2.05) is 18.3 Å². The molecular weight excluding hydrogens is 380 g/mol. The summed E-state index contributed by atoms with van der Waals surface area (Å²) in [5, 5.41) is 4.13. The summed E-state index contributed by atoms with van der Waals surface area (Å²) in [7, 11) is 0. The highest BCUT2D eigenvalue weighted by atomic mass is 32.1. The fourth-order valence-corrected chi connectivity index (χ4v) is 3.85. The van der Waals surface area contributed by atoms with Crippen LogP contribution in [0.1, 0.15) is 32.3 Å². The Hall–Kier alpha value is -2.51. The minimum absolute atomic E-state index is 0.154. The first-order chi connectivity index (χ1) is 14.1. The van der Waals surface area contributed by atoms with Crippen LogP contribution in [0.15, 0.2) is 47.7 Å². The molecule has 154 valence electrons. The van der Waals surface area contributed by atoms with Gasteiger partial charge >= 0.3 is 0 Å². The largest absolute Gasteiger partial charge is 0.375 e. The molecule has 0 spiro atoms. The number of thiocarbonyl (C=S) groups is 1. The smallest absolute Gasteiger partial charge is 0.184 e. The third kappa shape index (κ3) is 5.74. The Morgan fingerprint density at radius 2 is 1.76 bits per heavy atom. The van der Waals surface area contributed by atoms with Crippen molar-refractivity contribution in [2.75, 3.05) is 31.1 Å². The highest BCUT2D eigenvalue weighted by Gasteiger charge is 2.22. The van der Waals surface area contributed by atoms with Crippen molar-refractivity contribution in [3.63, 3.8) is 0 Å². The zero-order valence-corrected chi connectivity index (χ0v) is 18.0. The van der Waals surface area contributed by atoms with Crippen LogP contribution in [0, 0.1) is 0 Å². The van der Waals surface area contributed by atoms with E-state index in [0.29, 0.717) is 6.04 Å². The second kappa shape index (κ2) is 10.3. The number of nitrogens with one attached hydrogen (secondary N) is 1. The fourth-order valence-electron chi connectivity index (χ4n) is 3.80. The zero-order valence-electron chi connectivity index (χ0n) is 17.2. The molecular formula is C22H30N6S. The van der Waals surface area contributed by atoms with Crippen molar-refractivity contribution >= 4 is 29.4 Å². The lowest BCUT2D eigenvalue weighted by Crippen LogP contribution is -2.50. The van der Waals surface area contributed by atoms with E-state index < -0.39 is 0 Å². The van der Waals surface area contributed by atoms with Crippen LogP contribution < -0.4 is 16.1 Å². The molecule has 0 aliphatic carbocycles. The number of hydrogen-bond donors (Lipinski definition) is 2. The van der Waals surface area contributed by atoms with Crippen molar-refractivity contribution in [3.05, 3.63) is 48.2 Å². The Labute approximate surface area is 178 Å². The van der Waals surface area contributed by atoms with E-state index in [2.05, 4.69) is 58.4 Å². The summed E-state index contributed by atoms with van der Waals surface area (Å²) in [6, 6.07) is 13.1. The standard InChI is InChI=1S/C22H30N6S/c1-3-20(4-2)27-11-13-28(14-12-27)21-10-9-19(16-24-21)18-7-5-17(6-8-18)15-25-26-22(23)29/h5-10,15-16,20H,3-4,11-14H2,1-2H3,(H3,23,26,29). The van der Waals surface area contributed by atoms with E-state index in [1.54, 1.807) is 6.21 Å². The summed E-state index contributed by atoms with van der Waals surface area (Å²) in [6.45, 7) is 8.87. The molecule has 3 rings (SSSR count). The number of anilines is 1. The van der Waals surface area contributed by atoms with Gasteiger partial charge in [-0.05, 0) is 48.3 Å². The molecule has 1 aliphatic heterocycles. The van der Waals surface area contributed by atoms with Crippen molar-refractivity contribution in [3.8, 4) is 11.1 Å². The molecule has 0 amide bonds. The van der Waals surface area contributed by atoms with Gasteiger partial charge in [0, 0.05) is 44.0 Å². The summed E-state index contributed by atoms with van der Waals surface area (Å²) in [5.74, 6) is 1.06. The number of hydrazone groups is 1. The molecule has 1 aromatic heterocycles. The molecule has 0 atom stereocenters. The SMILES string of the molecule is CCC(CC)N1CCN(c2ccc(-c3ccc(C=NNC(N)=S)cc3)cn2)CC1. The Balaban J connectivity index is 1.59. The predicted octanol–water partition coefficient (Wildman–Crippen LogP) is 3.23. The number of nitrogens with zero attached hydrogens (tertiary/aromatic N) is 4. The maximum absolute atomic E-state index is 5.35. The number of rotatable bonds is 7. The highest BCUT2D eigenvalue weighted by Crippen LogP contribution is 2.22. The molecule has 2 aromatic rings. The van der Waals surface area contributed by atoms with E-state index >= 15 is 0 Å². The van der Waals surface area contributed by atoms with E-state index in [9.17, 15) is 0 Å². The maximum Gasteiger partial charge on any atom is 0.184 e. The molecule has 1 saturated heterocycles. The monoisotopic (exact) mass is 410 g/mol. The molecule has 7 heteroatoms. The van der Waals surface area contributed by atoms with Crippen molar-refractivity contribution < 1.29 is 0 Å². The van der Waals surface area contributed by atoms with Gasteiger partial charge in [0.05, 0.1) is 6.21 Å². The predicted molar refractivity (Wildman–Crippen MR) is 125 cm³/mol. The van der Waals surface area contributed by atoms with Gasteiger partial charge < -0.3 is 10.6 Å². The quantitative estimate of drug-likeness (QED) is 0.415. The first-order valence-electron chi connectivity index (χ1n) is 10.2. The molecule has 6 nitrogen and oxygen atoms in total. The molecule has 3 N–H and O–H groups in total. The van der Waals surface area contributed by atoms with Gasteiger partial charge in [0.15, 0.2) is 5.11 Å². The van der Waals surface area contributed by atoms with E-state index in [4.69, 9.17) is 22.9 Å². The zero-order chi connectivity index (χ0) is 20.6. The minimum atomic E-state index is 0.154. The lowest BCUT2D eigenvalue weighted by atomic mass is 10.1. The number of benzene rings is 1. The average molecular weight is 411 g/mol. The second-order valence-electron chi connectivity index (χ2n) is 7.25. The first kappa shape index (κ1) is 21.2. The van der Waals surface area contributed by atoms with Crippen LogP contribution in [0.5, 0.6) is 0 Å². The van der Waals surface area contributed by atoms with Crippen LogP contribution in [-0.2, 0) is 0 Å². The third-order valence-electron chi connectivity index (χ3n) is 5.48. The van der Waals surface area contributed by atoms with E-state index in [-0.39, 0.29) is 5.11 Å². The minimum Gasteiger partial charge on any atom is -0.375 e. The van der Waals surface area contributed by atoms with Gasteiger partial charge in [0.25, 0.3) is 0 Å². The third-order valence-corrected chi connectivity index (χ3v) is 5.57. The summed E-state index contributed by atoms with van der Waals surface area (Å²) in [6.07, 6.45) is 6.10. The summed E-state index contributed by atoms with van der Waals surface area (Å²) in [4.78, 5) is 9.73. The van der Waals surface area contributed by atoms with Crippen molar-refractivity contribution in [1.29, 1.82) is 0 Å². The Morgan fingerprint density at radius 3 is 2.31 bits per heavy atom. The second-order valence-corrected chi connectivity index (χ2v) is 7.69. The number of pyridine rings is 1. The number of hydrogen-bond acceptors (Lipinski definition) is 5.